The van der Waals surface area contributed by atoms with Gasteiger partial charge in [-0.3, -0.25) is 4.99 Å². The Hall–Kier alpha value is -1.91. The molecule has 5 heteroatoms. The first-order chi connectivity index (χ1) is 9.56. The molecule has 1 aliphatic rings. The fourth-order valence-corrected chi connectivity index (χ4v) is 2.15. The van der Waals surface area contributed by atoms with Crippen LogP contribution in [0.25, 0.3) is 0 Å². The van der Waals surface area contributed by atoms with Gasteiger partial charge < -0.3 is 20.1 Å². The van der Waals surface area contributed by atoms with Crippen LogP contribution in [0.2, 0.25) is 0 Å². The lowest BCUT2D eigenvalue weighted by molar-refractivity contribution is 0.171. The topological polar surface area (TPSA) is 54.9 Å². The average molecular weight is 277 g/mol. The first-order valence-corrected chi connectivity index (χ1v) is 6.85. The Morgan fingerprint density at radius 2 is 1.95 bits per heavy atom. The average Bonchev–Trinajstić information content (AvgIpc) is 2.47. The molecular formula is C15H23N3O2. The van der Waals surface area contributed by atoms with E-state index in [-0.39, 0.29) is 5.41 Å². The maximum absolute atomic E-state index is 5.65. The smallest absolute Gasteiger partial charge is 0.190 e. The summed E-state index contributed by atoms with van der Waals surface area (Å²) in [6.45, 7) is 6.39. The van der Waals surface area contributed by atoms with E-state index in [1.807, 2.05) is 13.1 Å². The van der Waals surface area contributed by atoms with Gasteiger partial charge in [0.15, 0.2) is 17.5 Å². The van der Waals surface area contributed by atoms with E-state index in [0.29, 0.717) is 13.2 Å². The first-order valence-electron chi connectivity index (χ1n) is 6.85. The molecule has 20 heavy (non-hydrogen) atoms. The number of fused-ring (bicyclic) bond motifs is 1. The molecule has 0 amide bonds. The van der Waals surface area contributed by atoms with Crippen LogP contribution >= 0.6 is 0 Å². The summed E-state index contributed by atoms with van der Waals surface area (Å²) in [6, 6.07) is 6.15. The predicted molar refractivity (Wildman–Crippen MR) is 80.9 cm³/mol. The number of benzene rings is 1. The van der Waals surface area contributed by atoms with Gasteiger partial charge in [0.05, 0.1) is 0 Å². The van der Waals surface area contributed by atoms with Crippen molar-refractivity contribution < 1.29 is 9.47 Å². The van der Waals surface area contributed by atoms with E-state index in [1.165, 1.54) is 5.56 Å². The van der Waals surface area contributed by atoms with Crippen LogP contribution in [0.1, 0.15) is 19.4 Å². The maximum Gasteiger partial charge on any atom is 0.190 e. The van der Waals surface area contributed by atoms with Gasteiger partial charge in [-0.1, -0.05) is 19.9 Å². The highest BCUT2D eigenvalue weighted by Gasteiger charge is 2.23. The summed E-state index contributed by atoms with van der Waals surface area (Å²) in [5.74, 6) is 2.45. The van der Waals surface area contributed by atoms with Gasteiger partial charge in [-0.15, -0.1) is 0 Å². The molecule has 5 nitrogen and oxygen atoms in total. The fraction of sp³-hybridized carbons (Fsp3) is 0.533. The molecule has 1 heterocycles. The van der Waals surface area contributed by atoms with Crippen molar-refractivity contribution in [2.24, 2.45) is 4.99 Å². The van der Waals surface area contributed by atoms with Crippen LogP contribution in [0.4, 0.5) is 0 Å². The fourth-order valence-electron chi connectivity index (χ4n) is 2.15. The zero-order valence-electron chi connectivity index (χ0n) is 12.6. The maximum atomic E-state index is 5.65. The van der Waals surface area contributed by atoms with E-state index in [2.05, 4.69) is 41.6 Å². The van der Waals surface area contributed by atoms with E-state index in [0.717, 1.165) is 24.0 Å². The summed E-state index contributed by atoms with van der Waals surface area (Å²) in [5, 5.41) is 6.32. The summed E-state index contributed by atoms with van der Waals surface area (Å²) in [4.78, 5) is 4.12. The Balaban J connectivity index is 2.12. The molecule has 0 radical (unpaired) electrons. The standard InChI is InChI=1S/C15H23N3O2/c1-15(2,10-18-14(16-3)17-4)11-5-6-12-13(9-11)20-8-7-19-12/h5-6,9H,7-8,10H2,1-4H3,(H2,16,17,18). The van der Waals surface area contributed by atoms with Crippen molar-refractivity contribution in [2.45, 2.75) is 19.3 Å². The molecule has 0 unspecified atom stereocenters. The molecule has 2 N–H and O–H groups in total. The monoisotopic (exact) mass is 277 g/mol. The number of nitrogens with zero attached hydrogens (tertiary/aromatic N) is 1. The molecule has 2 rings (SSSR count). The van der Waals surface area contributed by atoms with Crippen molar-refractivity contribution in [1.82, 2.24) is 10.6 Å². The lowest BCUT2D eigenvalue weighted by Crippen LogP contribution is -2.42. The second-order valence-electron chi connectivity index (χ2n) is 5.42. The minimum absolute atomic E-state index is 0.0391. The summed E-state index contributed by atoms with van der Waals surface area (Å²) in [5.41, 5.74) is 1.17. The number of aliphatic imine (C=N–C) groups is 1. The van der Waals surface area contributed by atoms with Crippen LogP contribution in [0.5, 0.6) is 11.5 Å². The zero-order valence-corrected chi connectivity index (χ0v) is 12.6. The predicted octanol–water partition coefficient (Wildman–Crippen LogP) is 1.53. The SMILES string of the molecule is CN=C(NC)NCC(C)(C)c1ccc2c(c1)OCCO2. The van der Waals surface area contributed by atoms with Crippen molar-refractivity contribution in [3.63, 3.8) is 0 Å². The second kappa shape index (κ2) is 6.03. The van der Waals surface area contributed by atoms with Gasteiger partial charge in [-0.25, -0.2) is 0 Å². The molecule has 1 aliphatic heterocycles. The van der Waals surface area contributed by atoms with Crippen molar-refractivity contribution in [2.75, 3.05) is 33.9 Å². The number of nitrogens with one attached hydrogen (secondary N) is 2. The second-order valence-corrected chi connectivity index (χ2v) is 5.42. The normalized spacial score (nSPS) is 14.9. The number of hydrogen-bond donors (Lipinski definition) is 2. The molecule has 0 saturated heterocycles. The Bertz CT molecular complexity index is 498. The highest BCUT2D eigenvalue weighted by atomic mass is 16.6. The quantitative estimate of drug-likeness (QED) is 0.650. The molecule has 0 atom stereocenters. The molecule has 0 aromatic heterocycles. The minimum Gasteiger partial charge on any atom is -0.486 e. The lowest BCUT2D eigenvalue weighted by Gasteiger charge is -2.28. The van der Waals surface area contributed by atoms with E-state index < -0.39 is 0 Å². The van der Waals surface area contributed by atoms with Crippen molar-refractivity contribution >= 4 is 5.96 Å². The first kappa shape index (κ1) is 14.5. The Morgan fingerprint density at radius 1 is 1.25 bits per heavy atom. The zero-order chi connectivity index (χ0) is 14.6. The van der Waals surface area contributed by atoms with E-state index in [1.54, 1.807) is 7.05 Å². The number of ether oxygens (including phenoxy) is 2. The van der Waals surface area contributed by atoms with Gasteiger partial charge in [0.1, 0.15) is 13.2 Å². The van der Waals surface area contributed by atoms with Gasteiger partial charge in [0.2, 0.25) is 0 Å². The molecule has 0 fully saturated rings. The van der Waals surface area contributed by atoms with Crippen LogP contribution < -0.4 is 20.1 Å². The van der Waals surface area contributed by atoms with Gasteiger partial charge >= 0.3 is 0 Å². The molecule has 0 bridgehead atoms. The molecule has 0 aliphatic carbocycles. The minimum atomic E-state index is -0.0391. The Kier molecular flexibility index (Phi) is 4.37. The van der Waals surface area contributed by atoms with Crippen LogP contribution in [0, 0.1) is 0 Å². The Morgan fingerprint density at radius 3 is 2.60 bits per heavy atom. The third-order valence-electron chi connectivity index (χ3n) is 3.48. The summed E-state index contributed by atoms with van der Waals surface area (Å²) < 4.78 is 11.2. The van der Waals surface area contributed by atoms with Gasteiger partial charge in [-0.2, -0.15) is 0 Å². The third kappa shape index (κ3) is 3.15. The molecule has 110 valence electrons. The molecule has 1 aromatic rings. The largest absolute Gasteiger partial charge is 0.486 e. The molecule has 0 saturated carbocycles. The van der Waals surface area contributed by atoms with Crippen LogP contribution in [-0.2, 0) is 5.41 Å². The highest BCUT2D eigenvalue weighted by molar-refractivity contribution is 5.79. The number of guanidine groups is 1. The van der Waals surface area contributed by atoms with Gasteiger partial charge in [-0.05, 0) is 17.7 Å². The van der Waals surface area contributed by atoms with Gasteiger partial charge in [0, 0.05) is 26.1 Å². The number of rotatable bonds is 3. The number of hydrogen-bond acceptors (Lipinski definition) is 3. The van der Waals surface area contributed by atoms with Crippen LogP contribution in [-0.4, -0.2) is 39.8 Å². The molecule has 1 aromatic carbocycles. The van der Waals surface area contributed by atoms with E-state index in [4.69, 9.17) is 9.47 Å². The highest BCUT2D eigenvalue weighted by Crippen LogP contribution is 2.34. The lowest BCUT2D eigenvalue weighted by atomic mass is 9.84. The summed E-state index contributed by atoms with van der Waals surface area (Å²) in [7, 11) is 3.61. The van der Waals surface area contributed by atoms with E-state index in [9.17, 15) is 0 Å². The van der Waals surface area contributed by atoms with Crippen molar-refractivity contribution in [3.05, 3.63) is 23.8 Å². The van der Waals surface area contributed by atoms with Crippen molar-refractivity contribution in [3.8, 4) is 11.5 Å². The Labute approximate surface area is 120 Å². The summed E-state index contributed by atoms with van der Waals surface area (Å²) >= 11 is 0. The van der Waals surface area contributed by atoms with Crippen molar-refractivity contribution in [1.29, 1.82) is 0 Å². The van der Waals surface area contributed by atoms with Gasteiger partial charge in [0.25, 0.3) is 0 Å². The molecular weight excluding hydrogens is 254 g/mol. The van der Waals surface area contributed by atoms with Crippen LogP contribution in [0.15, 0.2) is 23.2 Å². The third-order valence-corrected chi connectivity index (χ3v) is 3.48. The van der Waals surface area contributed by atoms with E-state index >= 15 is 0 Å². The summed E-state index contributed by atoms with van der Waals surface area (Å²) in [6.07, 6.45) is 0. The van der Waals surface area contributed by atoms with Crippen LogP contribution in [0.3, 0.4) is 0 Å². The molecule has 0 spiro atoms.